The van der Waals surface area contributed by atoms with Crippen LogP contribution < -0.4 is 10.6 Å². The normalized spacial score (nSPS) is 13.6. The molecular weight excluding hydrogens is 318 g/mol. The van der Waals surface area contributed by atoms with Gasteiger partial charge in [-0.3, -0.25) is 9.59 Å². The van der Waals surface area contributed by atoms with Gasteiger partial charge in [0, 0.05) is 35.7 Å². The van der Waals surface area contributed by atoms with Crippen LogP contribution in [0.4, 0.5) is 0 Å². The lowest BCUT2D eigenvalue weighted by Gasteiger charge is -2.06. The van der Waals surface area contributed by atoms with Gasteiger partial charge in [0.2, 0.25) is 0 Å². The van der Waals surface area contributed by atoms with E-state index in [1.807, 2.05) is 0 Å². The van der Waals surface area contributed by atoms with Gasteiger partial charge in [0.15, 0.2) is 5.69 Å². The van der Waals surface area contributed by atoms with E-state index < -0.39 is 0 Å². The lowest BCUT2D eigenvalue weighted by atomic mass is 10.2. The highest BCUT2D eigenvalue weighted by atomic mass is 35.5. The summed E-state index contributed by atoms with van der Waals surface area (Å²) in [6.07, 6.45) is 2.18. The van der Waals surface area contributed by atoms with Crippen molar-refractivity contribution >= 4 is 23.4 Å². The van der Waals surface area contributed by atoms with Crippen LogP contribution in [0.3, 0.4) is 0 Å². The van der Waals surface area contributed by atoms with Crippen LogP contribution in [0.1, 0.15) is 45.4 Å². The predicted octanol–water partition coefficient (Wildman–Crippen LogP) is 2.37. The molecule has 6 nitrogen and oxygen atoms in total. The molecule has 0 saturated heterocycles. The van der Waals surface area contributed by atoms with Crippen molar-refractivity contribution < 1.29 is 14.1 Å². The maximum atomic E-state index is 11.9. The lowest BCUT2D eigenvalue weighted by molar-refractivity contribution is 0.0922. The van der Waals surface area contributed by atoms with Crippen LogP contribution in [-0.2, 0) is 0 Å². The summed E-state index contributed by atoms with van der Waals surface area (Å²) in [5.74, 6) is 0.670. The minimum atomic E-state index is -0.304. The SMILES string of the molecule is O=C(NCCNC(=O)c1cc(C2CC2)on1)c1ccc(Cl)cc1. The van der Waals surface area contributed by atoms with Crippen molar-refractivity contribution in [1.82, 2.24) is 15.8 Å². The minimum absolute atomic E-state index is 0.214. The van der Waals surface area contributed by atoms with E-state index in [0.717, 1.165) is 18.6 Å². The lowest BCUT2D eigenvalue weighted by Crippen LogP contribution is -2.34. The van der Waals surface area contributed by atoms with E-state index in [4.69, 9.17) is 16.1 Å². The number of amides is 2. The molecule has 1 aliphatic rings. The van der Waals surface area contributed by atoms with Crippen LogP contribution in [0.15, 0.2) is 34.9 Å². The number of benzene rings is 1. The molecule has 0 atom stereocenters. The Labute approximate surface area is 138 Å². The van der Waals surface area contributed by atoms with Gasteiger partial charge in [-0.25, -0.2) is 0 Å². The largest absolute Gasteiger partial charge is 0.360 e. The molecule has 0 spiro atoms. The Hall–Kier alpha value is -2.34. The fourth-order valence-electron chi connectivity index (χ4n) is 2.10. The average Bonchev–Trinajstić information content (AvgIpc) is 3.29. The van der Waals surface area contributed by atoms with Crippen molar-refractivity contribution in [3.8, 4) is 0 Å². The van der Waals surface area contributed by atoms with Crippen molar-refractivity contribution in [2.45, 2.75) is 18.8 Å². The maximum Gasteiger partial charge on any atom is 0.273 e. The number of carbonyl (C=O) groups excluding carboxylic acids is 2. The van der Waals surface area contributed by atoms with Crippen LogP contribution in [0.25, 0.3) is 0 Å². The molecule has 0 bridgehead atoms. The number of rotatable bonds is 6. The second-order valence-electron chi connectivity index (χ2n) is 5.41. The molecule has 23 heavy (non-hydrogen) atoms. The first-order valence-electron chi connectivity index (χ1n) is 7.42. The number of hydrogen-bond acceptors (Lipinski definition) is 4. The first-order chi connectivity index (χ1) is 11.1. The highest BCUT2D eigenvalue weighted by Crippen LogP contribution is 2.40. The molecule has 120 valence electrons. The molecule has 1 saturated carbocycles. The molecule has 1 aliphatic carbocycles. The Kier molecular flexibility index (Phi) is 4.62. The van der Waals surface area contributed by atoms with Gasteiger partial charge in [0.05, 0.1) is 0 Å². The summed E-state index contributed by atoms with van der Waals surface area (Å²) in [7, 11) is 0. The van der Waals surface area contributed by atoms with E-state index in [1.54, 1.807) is 30.3 Å². The number of nitrogens with one attached hydrogen (secondary N) is 2. The topological polar surface area (TPSA) is 84.2 Å². The Morgan fingerprint density at radius 2 is 1.78 bits per heavy atom. The van der Waals surface area contributed by atoms with Gasteiger partial charge < -0.3 is 15.2 Å². The van der Waals surface area contributed by atoms with Crippen LogP contribution in [0.2, 0.25) is 5.02 Å². The highest BCUT2D eigenvalue weighted by Gasteiger charge is 2.28. The van der Waals surface area contributed by atoms with E-state index in [9.17, 15) is 9.59 Å². The molecule has 2 amide bonds. The first-order valence-corrected chi connectivity index (χ1v) is 7.80. The third kappa shape index (κ3) is 4.10. The third-order valence-electron chi connectivity index (χ3n) is 3.54. The molecule has 1 fully saturated rings. The average molecular weight is 334 g/mol. The third-order valence-corrected chi connectivity index (χ3v) is 3.80. The van der Waals surface area contributed by atoms with Gasteiger partial charge in [-0.1, -0.05) is 16.8 Å². The van der Waals surface area contributed by atoms with Gasteiger partial charge in [-0.15, -0.1) is 0 Å². The van der Waals surface area contributed by atoms with Gasteiger partial charge in [-0.05, 0) is 37.1 Å². The molecule has 2 aromatic rings. The maximum absolute atomic E-state index is 11.9. The van der Waals surface area contributed by atoms with E-state index in [-0.39, 0.29) is 17.5 Å². The number of halogens is 1. The van der Waals surface area contributed by atoms with Crippen molar-refractivity contribution in [3.63, 3.8) is 0 Å². The van der Waals surface area contributed by atoms with Crippen molar-refractivity contribution in [2.24, 2.45) is 0 Å². The van der Waals surface area contributed by atoms with Gasteiger partial charge in [0.1, 0.15) is 5.76 Å². The fraction of sp³-hybridized carbons (Fsp3) is 0.312. The molecule has 1 heterocycles. The minimum Gasteiger partial charge on any atom is -0.360 e. The molecule has 1 aromatic carbocycles. The summed E-state index contributed by atoms with van der Waals surface area (Å²) in [5.41, 5.74) is 0.794. The number of nitrogens with zero attached hydrogens (tertiary/aromatic N) is 1. The fourth-order valence-corrected chi connectivity index (χ4v) is 2.23. The molecule has 0 unspecified atom stereocenters. The zero-order chi connectivity index (χ0) is 16.2. The van der Waals surface area contributed by atoms with Gasteiger partial charge in [-0.2, -0.15) is 0 Å². The van der Waals surface area contributed by atoms with E-state index >= 15 is 0 Å². The summed E-state index contributed by atoms with van der Waals surface area (Å²) < 4.78 is 5.13. The highest BCUT2D eigenvalue weighted by molar-refractivity contribution is 6.30. The standard InChI is InChI=1S/C16H16ClN3O3/c17-12-5-3-11(4-6-12)15(21)18-7-8-19-16(22)13-9-14(23-20-13)10-1-2-10/h3-6,9-10H,1-2,7-8H2,(H,18,21)(H,19,22). The van der Waals surface area contributed by atoms with Gasteiger partial charge >= 0.3 is 0 Å². The zero-order valence-corrected chi connectivity index (χ0v) is 13.1. The number of carbonyl (C=O) groups is 2. The second-order valence-corrected chi connectivity index (χ2v) is 5.84. The predicted molar refractivity (Wildman–Crippen MR) is 84.6 cm³/mol. The first kappa shape index (κ1) is 15.6. The van der Waals surface area contributed by atoms with E-state index in [1.165, 1.54) is 0 Å². The Morgan fingerprint density at radius 3 is 2.43 bits per heavy atom. The van der Waals surface area contributed by atoms with Crippen molar-refractivity contribution in [3.05, 3.63) is 52.4 Å². The Bertz CT molecular complexity index is 708. The molecule has 1 aromatic heterocycles. The molecule has 3 rings (SSSR count). The molecule has 0 aliphatic heterocycles. The number of hydrogen-bond donors (Lipinski definition) is 2. The van der Waals surface area contributed by atoms with Crippen molar-refractivity contribution in [1.29, 1.82) is 0 Å². The van der Waals surface area contributed by atoms with E-state index in [0.29, 0.717) is 29.6 Å². The summed E-state index contributed by atoms with van der Waals surface area (Å²) >= 11 is 5.77. The van der Waals surface area contributed by atoms with Crippen LogP contribution in [0, 0.1) is 0 Å². The van der Waals surface area contributed by atoms with Crippen LogP contribution >= 0.6 is 11.6 Å². The Morgan fingerprint density at radius 1 is 1.13 bits per heavy atom. The Balaban J connectivity index is 1.41. The van der Waals surface area contributed by atoms with Gasteiger partial charge in [0.25, 0.3) is 11.8 Å². The summed E-state index contributed by atoms with van der Waals surface area (Å²) in [4.78, 5) is 23.8. The van der Waals surface area contributed by atoms with Crippen LogP contribution in [0.5, 0.6) is 0 Å². The van der Waals surface area contributed by atoms with Crippen LogP contribution in [-0.4, -0.2) is 30.1 Å². The molecule has 2 N–H and O–H groups in total. The molecule has 7 heteroatoms. The summed E-state index contributed by atoms with van der Waals surface area (Å²) in [6, 6.07) is 8.27. The molecular formula is C16H16ClN3O3. The quantitative estimate of drug-likeness (QED) is 0.795. The summed E-state index contributed by atoms with van der Waals surface area (Å²) in [6.45, 7) is 0.629. The zero-order valence-electron chi connectivity index (χ0n) is 12.3. The smallest absolute Gasteiger partial charge is 0.273 e. The number of aromatic nitrogens is 1. The monoisotopic (exact) mass is 333 g/mol. The van der Waals surface area contributed by atoms with Crippen molar-refractivity contribution in [2.75, 3.05) is 13.1 Å². The summed E-state index contributed by atoms with van der Waals surface area (Å²) in [5, 5.41) is 9.74. The molecule has 0 radical (unpaired) electrons. The van der Waals surface area contributed by atoms with E-state index in [2.05, 4.69) is 15.8 Å². The second kappa shape index (κ2) is 6.83.